The molecule has 1 atom stereocenters. The Hall–Kier alpha value is -2.50. The molecule has 0 saturated heterocycles. The average Bonchev–Trinajstić information content (AvgIpc) is 3.26. The van der Waals surface area contributed by atoms with Crippen LogP contribution in [-0.4, -0.2) is 27.9 Å². The normalized spacial score (nSPS) is 20.0. The lowest BCUT2D eigenvalue weighted by Crippen LogP contribution is -2.39. The van der Waals surface area contributed by atoms with Gasteiger partial charge in [-0.2, -0.15) is 0 Å². The van der Waals surface area contributed by atoms with E-state index in [1.54, 1.807) is 0 Å². The summed E-state index contributed by atoms with van der Waals surface area (Å²) in [6.07, 6.45) is 1.99. The van der Waals surface area contributed by atoms with Crippen molar-refractivity contribution in [3.63, 3.8) is 0 Å². The molecule has 6 rings (SSSR count). The van der Waals surface area contributed by atoms with Crippen LogP contribution in [-0.2, 0) is 26.1 Å². The van der Waals surface area contributed by atoms with E-state index in [4.69, 9.17) is 9.47 Å². The highest BCUT2D eigenvalue weighted by Crippen LogP contribution is 2.45. The summed E-state index contributed by atoms with van der Waals surface area (Å²) in [4.78, 5) is 2.54. The van der Waals surface area contributed by atoms with E-state index in [1.807, 2.05) is 6.07 Å². The third-order valence-electron chi connectivity index (χ3n) is 6.19. The van der Waals surface area contributed by atoms with Crippen LogP contribution in [0.4, 0.5) is 0 Å². The zero-order valence-corrected chi connectivity index (χ0v) is 14.4. The zero-order valence-electron chi connectivity index (χ0n) is 14.4. The van der Waals surface area contributed by atoms with E-state index in [2.05, 4.69) is 39.8 Å². The van der Waals surface area contributed by atoms with Crippen LogP contribution in [0.2, 0.25) is 0 Å². The molecule has 27 heavy (non-hydrogen) atoms. The van der Waals surface area contributed by atoms with E-state index < -0.39 is 0 Å². The fourth-order valence-electron chi connectivity index (χ4n) is 4.96. The molecular formula is C22H24N2O3. The van der Waals surface area contributed by atoms with Crippen molar-refractivity contribution in [3.8, 4) is 11.5 Å². The van der Waals surface area contributed by atoms with Crippen LogP contribution < -0.4 is 9.47 Å². The van der Waals surface area contributed by atoms with E-state index in [-0.39, 0.29) is 14.2 Å². The second-order valence-electron chi connectivity index (χ2n) is 7.36. The SMILES string of the molecule is C.OCn1c2c(c3ccccc31)CC1c3cc4c(cc3CCN1C2)OCO4. The van der Waals surface area contributed by atoms with Gasteiger partial charge in [0.15, 0.2) is 11.5 Å². The van der Waals surface area contributed by atoms with E-state index >= 15 is 0 Å². The van der Waals surface area contributed by atoms with Crippen LogP contribution in [0.25, 0.3) is 10.9 Å². The molecule has 140 valence electrons. The Labute approximate surface area is 158 Å². The number of hydrogen-bond donors (Lipinski definition) is 1. The first-order valence-corrected chi connectivity index (χ1v) is 9.20. The molecule has 1 aromatic heterocycles. The molecule has 2 aromatic carbocycles. The fourth-order valence-corrected chi connectivity index (χ4v) is 4.96. The zero-order chi connectivity index (χ0) is 17.3. The van der Waals surface area contributed by atoms with E-state index in [0.717, 1.165) is 42.9 Å². The number of ether oxygens (including phenoxy) is 2. The summed E-state index contributed by atoms with van der Waals surface area (Å²) in [6, 6.07) is 13.1. The summed E-state index contributed by atoms with van der Waals surface area (Å²) in [5.41, 5.74) is 6.51. The molecule has 0 saturated carbocycles. The molecule has 3 aliphatic heterocycles. The van der Waals surface area contributed by atoms with Crippen LogP contribution in [0, 0.1) is 0 Å². The van der Waals surface area contributed by atoms with Gasteiger partial charge in [-0.25, -0.2) is 0 Å². The molecule has 4 heterocycles. The lowest BCUT2D eigenvalue weighted by molar-refractivity contribution is 0.146. The maximum atomic E-state index is 9.95. The van der Waals surface area contributed by atoms with Crippen molar-refractivity contribution < 1.29 is 14.6 Å². The molecule has 5 nitrogen and oxygen atoms in total. The lowest BCUT2D eigenvalue weighted by atomic mass is 9.85. The molecule has 0 radical (unpaired) electrons. The highest BCUT2D eigenvalue weighted by Gasteiger charge is 2.36. The van der Waals surface area contributed by atoms with Crippen molar-refractivity contribution in [3.05, 3.63) is 58.8 Å². The van der Waals surface area contributed by atoms with Gasteiger partial charge in [-0.15, -0.1) is 0 Å². The van der Waals surface area contributed by atoms with Crippen LogP contribution >= 0.6 is 0 Å². The van der Waals surface area contributed by atoms with Crippen LogP contribution in [0.1, 0.15) is 35.9 Å². The molecule has 1 N–H and O–H groups in total. The molecule has 0 spiro atoms. The summed E-state index contributed by atoms with van der Waals surface area (Å²) in [6.45, 7) is 2.26. The Kier molecular flexibility index (Phi) is 3.71. The standard InChI is InChI=1S/C21H20N2O3.CH4/c24-11-23-17-4-2-1-3-14(17)16-8-18-15-9-21-20(25-12-26-21)7-13(15)5-6-22(18)10-19(16)23;/h1-4,7,9,18,24H,5-6,8,10-12H2;1H4. The van der Waals surface area contributed by atoms with Gasteiger partial charge in [-0.05, 0) is 47.7 Å². The maximum Gasteiger partial charge on any atom is 0.231 e. The van der Waals surface area contributed by atoms with Crippen LogP contribution in [0.3, 0.4) is 0 Å². The molecule has 3 aromatic rings. The number of nitrogens with zero attached hydrogens (tertiary/aromatic N) is 2. The van der Waals surface area contributed by atoms with Crippen LogP contribution in [0.5, 0.6) is 11.5 Å². The van der Waals surface area contributed by atoms with Gasteiger partial charge >= 0.3 is 0 Å². The third-order valence-corrected chi connectivity index (χ3v) is 6.19. The van der Waals surface area contributed by atoms with Crippen molar-refractivity contribution in [2.75, 3.05) is 13.3 Å². The van der Waals surface area contributed by atoms with E-state index in [0.29, 0.717) is 12.8 Å². The smallest absolute Gasteiger partial charge is 0.231 e. The Balaban J connectivity index is 0.00000160. The Morgan fingerprint density at radius 1 is 1.11 bits per heavy atom. The molecule has 0 fully saturated rings. The maximum absolute atomic E-state index is 9.95. The molecule has 5 heteroatoms. The van der Waals surface area contributed by atoms with Gasteiger partial charge in [0.1, 0.15) is 6.73 Å². The van der Waals surface area contributed by atoms with Gasteiger partial charge in [0.2, 0.25) is 6.79 Å². The van der Waals surface area contributed by atoms with Gasteiger partial charge in [0.05, 0.1) is 5.52 Å². The number of fused-ring (bicyclic) bond motifs is 7. The summed E-state index contributed by atoms with van der Waals surface area (Å²) in [7, 11) is 0. The minimum Gasteiger partial charge on any atom is -0.454 e. The Bertz CT molecular complexity index is 1040. The monoisotopic (exact) mass is 364 g/mol. The highest BCUT2D eigenvalue weighted by atomic mass is 16.7. The number of rotatable bonds is 1. The lowest BCUT2D eigenvalue weighted by Gasteiger charge is -2.41. The fraction of sp³-hybridized carbons (Fsp3) is 0.364. The van der Waals surface area contributed by atoms with Gasteiger partial charge in [-0.1, -0.05) is 25.6 Å². The quantitative estimate of drug-likeness (QED) is 0.717. The predicted octanol–water partition coefficient (Wildman–Crippen LogP) is 3.61. The average molecular weight is 364 g/mol. The van der Waals surface area contributed by atoms with Crippen LogP contribution in [0.15, 0.2) is 36.4 Å². The number of hydrogen-bond acceptors (Lipinski definition) is 4. The van der Waals surface area contributed by atoms with Crippen molar-refractivity contribution in [1.82, 2.24) is 9.47 Å². The number of aliphatic hydroxyl groups is 1. The first-order valence-electron chi connectivity index (χ1n) is 9.20. The summed E-state index contributed by atoms with van der Waals surface area (Å²) in [5.74, 6) is 1.75. The highest BCUT2D eigenvalue weighted by molar-refractivity contribution is 5.86. The minimum atomic E-state index is 0. The molecule has 0 aliphatic carbocycles. The van der Waals surface area contributed by atoms with E-state index in [1.165, 1.54) is 27.8 Å². The van der Waals surface area contributed by atoms with Gasteiger partial charge in [-0.3, -0.25) is 4.90 Å². The Morgan fingerprint density at radius 3 is 2.78 bits per heavy atom. The van der Waals surface area contributed by atoms with Crippen molar-refractivity contribution in [2.45, 2.75) is 39.6 Å². The molecule has 0 bridgehead atoms. The van der Waals surface area contributed by atoms with Gasteiger partial charge in [0, 0.05) is 30.2 Å². The minimum absolute atomic E-state index is 0. The Morgan fingerprint density at radius 2 is 1.93 bits per heavy atom. The summed E-state index contributed by atoms with van der Waals surface area (Å²) in [5, 5.41) is 11.2. The van der Waals surface area contributed by atoms with E-state index in [9.17, 15) is 5.11 Å². The first-order chi connectivity index (χ1) is 12.8. The number of para-hydroxylation sites is 1. The summed E-state index contributed by atoms with van der Waals surface area (Å²) < 4.78 is 13.3. The van der Waals surface area contributed by atoms with Gasteiger partial charge < -0.3 is 19.1 Å². The van der Waals surface area contributed by atoms with Gasteiger partial charge in [0.25, 0.3) is 0 Å². The number of aliphatic hydroxyl groups excluding tert-OH is 1. The molecular weight excluding hydrogens is 340 g/mol. The third kappa shape index (κ3) is 2.25. The topological polar surface area (TPSA) is 46.9 Å². The van der Waals surface area contributed by atoms with Crippen molar-refractivity contribution >= 4 is 10.9 Å². The largest absolute Gasteiger partial charge is 0.454 e. The molecule has 0 amide bonds. The molecule has 3 aliphatic rings. The molecule has 1 unspecified atom stereocenters. The second-order valence-corrected chi connectivity index (χ2v) is 7.36. The number of benzene rings is 2. The first kappa shape index (κ1) is 16.7. The second kappa shape index (κ2) is 6.01. The number of aromatic nitrogens is 1. The van der Waals surface area contributed by atoms with Crippen molar-refractivity contribution in [2.24, 2.45) is 0 Å². The summed E-state index contributed by atoms with van der Waals surface area (Å²) >= 11 is 0. The van der Waals surface area contributed by atoms with Crippen molar-refractivity contribution in [1.29, 1.82) is 0 Å². The predicted molar refractivity (Wildman–Crippen MR) is 104 cm³/mol.